The number of sulfone groups is 1. The van der Waals surface area contributed by atoms with Crippen molar-refractivity contribution >= 4 is 37.7 Å². The molecular weight excluding hydrogens is 344 g/mol. The maximum atomic E-state index is 12.6. The van der Waals surface area contributed by atoms with Gasteiger partial charge < -0.3 is 9.52 Å². The van der Waals surface area contributed by atoms with Crippen molar-refractivity contribution in [2.45, 2.75) is 30.4 Å². The van der Waals surface area contributed by atoms with E-state index in [0.717, 1.165) is 0 Å². The van der Waals surface area contributed by atoms with Crippen molar-refractivity contribution in [3.8, 4) is 0 Å². The monoisotopic (exact) mass is 360 g/mol. The maximum Gasteiger partial charge on any atom is 0.335 e. The van der Waals surface area contributed by atoms with Gasteiger partial charge in [0.1, 0.15) is 11.2 Å². The molecule has 25 heavy (non-hydrogen) atoms. The molecule has 0 fully saturated rings. The normalized spacial score (nSPS) is 12.6. The van der Waals surface area contributed by atoms with Gasteiger partial charge in [-0.2, -0.15) is 0 Å². The van der Waals surface area contributed by atoms with Crippen LogP contribution in [0.4, 0.5) is 0 Å². The summed E-state index contributed by atoms with van der Waals surface area (Å²) in [5.41, 5.74) is -0.0798. The van der Waals surface area contributed by atoms with Gasteiger partial charge in [0.05, 0.1) is 26.0 Å². The highest BCUT2D eigenvalue weighted by Gasteiger charge is 2.31. The second-order valence-corrected chi connectivity index (χ2v) is 9.42. The van der Waals surface area contributed by atoms with Gasteiger partial charge in [0.25, 0.3) is 0 Å². The number of hydrogen-bond donors (Lipinski definition) is 1. The number of rotatable bonds is 2. The fourth-order valence-corrected chi connectivity index (χ4v) is 3.70. The molecule has 0 saturated heterocycles. The lowest BCUT2D eigenvalue weighted by atomic mass is 10.1. The van der Waals surface area contributed by atoms with Crippen LogP contribution in [0.2, 0.25) is 0 Å². The Balaban J connectivity index is 2.33. The Hall–Kier alpha value is -2.67. The van der Waals surface area contributed by atoms with E-state index in [4.69, 9.17) is 9.52 Å². The molecule has 0 amide bonds. The molecule has 1 heterocycles. The molecule has 0 spiro atoms. The van der Waals surface area contributed by atoms with Gasteiger partial charge in [0, 0.05) is 6.07 Å². The minimum atomic E-state index is -3.59. The van der Waals surface area contributed by atoms with Gasteiger partial charge in [-0.1, -0.05) is 0 Å². The molecule has 0 radical (unpaired) electrons. The Kier molecular flexibility index (Phi) is 3.72. The fourth-order valence-electron chi connectivity index (χ4n) is 2.49. The van der Waals surface area contributed by atoms with Crippen LogP contribution in [0, 0.1) is 0 Å². The molecule has 0 saturated carbocycles. The van der Waals surface area contributed by atoms with E-state index in [1.165, 1.54) is 36.4 Å². The SMILES string of the molecule is CC(C)(C)S(=O)(=O)c1ccc2c(=O)c3cc(C(=O)O)ccc3oc2c1. The number of aromatic carboxylic acids is 1. The first-order chi connectivity index (χ1) is 11.5. The number of benzene rings is 2. The van der Waals surface area contributed by atoms with Gasteiger partial charge in [0.2, 0.25) is 5.43 Å². The lowest BCUT2D eigenvalue weighted by molar-refractivity contribution is 0.0697. The summed E-state index contributed by atoms with van der Waals surface area (Å²) in [5, 5.41) is 9.39. The van der Waals surface area contributed by atoms with Crippen molar-refractivity contribution < 1.29 is 22.7 Å². The van der Waals surface area contributed by atoms with Crippen LogP contribution in [-0.2, 0) is 9.84 Å². The zero-order valence-corrected chi connectivity index (χ0v) is 14.7. The standard InChI is InChI=1S/C18H16O6S/c1-18(2,3)25(22,23)11-5-6-12-15(9-11)24-14-7-4-10(17(20)21)8-13(14)16(12)19/h4-9H,1-3H3,(H,20,21). The molecule has 0 bridgehead atoms. The first-order valence-electron chi connectivity index (χ1n) is 7.51. The summed E-state index contributed by atoms with van der Waals surface area (Å²) in [6, 6.07) is 8.07. The van der Waals surface area contributed by atoms with E-state index in [-0.39, 0.29) is 32.4 Å². The molecule has 0 aliphatic rings. The van der Waals surface area contributed by atoms with Gasteiger partial charge in [-0.3, -0.25) is 4.79 Å². The predicted octanol–water partition coefficient (Wildman–Crippen LogP) is 3.22. The van der Waals surface area contributed by atoms with Crippen molar-refractivity contribution in [1.82, 2.24) is 0 Å². The number of fused-ring (bicyclic) bond motifs is 2. The first-order valence-corrected chi connectivity index (χ1v) is 8.99. The average molecular weight is 360 g/mol. The molecule has 0 aliphatic heterocycles. The summed E-state index contributed by atoms with van der Waals surface area (Å²) in [7, 11) is -3.59. The van der Waals surface area contributed by atoms with E-state index in [2.05, 4.69) is 0 Å². The Bertz CT molecular complexity index is 1180. The second-order valence-electron chi connectivity index (χ2n) is 6.72. The van der Waals surface area contributed by atoms with Crippen LogP contribution in [-0.4, -0.2) is 24.2 Å². The smallest absolute Gasteiger partial charge is 0.335 e. The highest BCUT2D eigenvalue weighted by atomic mass is 32.2. The van der Waals surface area contributed by atoms with Crippen molar-refractivity contribution in [2.75, 3.05) is 0 Å². The highest BCUT2D eigenvalue weighted by molar-refractivity contribution is 7.92. The third-order valence-electron chi connectivity index (χ3n) is 4.01. The zero-order valence-electron chi connectivity index (χ0n) is 13.9. The Morgan fingerprint density at radius 1 is 1.00 bits per heavy atom. The number of carboxylic acid groups (broad SMARTS) is 1. The minimum Gasteiger partial charge on any atom is -0.478 e. The van der Waals surface area contributed by atoms with Crippen molar-refractivity contribution in [2.24, 2.45) is 0 Å². The molecule has 1 aromatic heterocycles. The quantitative estimate of drug-likeness (QED) is 0.704. The van der Waals surface area contributed by atoms with E-state index >= 15 is 0 Å². The number of hydrogen-bond acceptors (Lipinski definition) is 5. The summed E-state index contributed by atoms with van der Waals surface area (Å²) in [5.74, 6) is -1.15. The van der Waals surface area contributed by atoms with Crippen molar-refractivity contribution in [3.05, 3.63) is 52.2 Å². The van der Waals surface area contributed by atoms with E-state index in [0.29, 0.717) is 0 Å². The first kappa shape index (κ1) is 17.2. The Morgan fingerprint density at radius 2 is 1.68 bits per heavy atom. The molecule has 130 valence electrons. The minimum absolute atomic E-state index is 0.0221. The zero-order chi connectivity index (χ0) is 18.6. The number of carbonyl (C=O) groups is 1. The summed E-state index contributed by atoms with van der Waals surface area (Å²) in [4.78, 5) is 23.8. The molecule has 3 aromatic rings. The third-order valence-corrected chi connectivity index (χ3v) is 6.49. The number of carboxylic acids is 1. The molecule has 0 atom stereocenters. The van der Waals surface area contributed by atoms with Crippen LogP contribution in [0.5, 0.6) is 0 Å². The molecule has 0 unspecified atom stereocenters. The Morgan fingerprint density at radius 3 is 2.28 bits per heavy atom. The lowest BCUT2D eigenvalue weighted by Gasteiger charge is -2.19. The van der Waals surface area contributed by atoms with Crippen LogP contribution in [0.3, 0.4) is 0 Å². The maximum absolute atomic E-state index is 12.6. The van der Waals surface area contributed by atoms with Crippen LogP contribution >= 0.6 is 0 Å². The summed E-state index contributed by atoms with van der Waals surface area (Å²) in [6.45, 7) is 4.78. The van der Waals surface area contributed by atoms with Crippen molar-refractivity contribution in [3.63, 3.8) is 0 Å². The van der Waals surface area contributed by atoms with E-state index in [1.54, 1.807) is 20.8 Å². The molecule has 1 N–H and O–H groups in total. The second kappa shape index (κ2) is 5.42. The largest absolute Gasteiger partial charge is 0.478 e. The van der Waals surface area contributed by atoms with Gasteiger partial charge in [0.15, 0.2) is 9.84 Å². The molecule has 2 aromatic carbocycles. The highest BCUT2D eigenvalue weighted by Crippen LogP contribution is 2.28. The van der Waals surface area contributed by atoms with Gasteiger partial charge in [-0.15, -0.1) is 0 Å². The van der Waals surface area contributed by atoms with Gasteiger partial charge in [-0.05, 0) is 51.1 Å². The van der Waals surface area contributed by atoms with Crippen LogP contribution in [0.15, 0.2) is 50.5 Å². The lowest BCUT2D eigenvalue weighted by Crippen LogP contribution is -2.27. The molecule has 6 nitrogen and oxygen atoms in total. The molecule has 3 rings (SSSR count). The molecule has 0 aliphatic carbocycles. The average Bonchev–Trinajstić information content (AvgIpc) is 2.53. The van der Waals surface area contributed by atoms with Crippen LogP contribution in [0.25, 0.3) is 21.9 Å². The van der Waals surface area contributed by atoms with E-state index in [1.807, 2.05) is 0 Å². The summed E-state index contributed by atoms with van der Waals surface area (Å²) >= 11 is 0. The van der Waals surface area contributed by atoms with Gasteiger partial charge in [-0.25, -0.2) is 13.2 Å². The van der Waals surface area contributed by atoms with E-state index in [9.17, 15) is 18.0 Å². The van der Waals surface area contributed by atoms with Gasteiger partial charge >= 0.3 is 5.97 Å². The van der Waals surface area contributed by atoms with Crippen molar-refractivity contribution in [1.29, 1.82) is 0 Å². The van der Waals surface area contributed by atoms with Crippen LogP contribution < -0.4 is 5.43 Å². The molecular formula is C18H16O6S. The summed E-state index contributed by atoms with van der Waals surface area (Å²) in [6.07, 6.45) is 0. The topological polar surface area (TPSA) is 102 Å². The molecule has 7 heteroatoms. The van der Waals surface area contributed by atoms with Crippen LogP contribution in [0.1, 0.15) is 31.1 Å². The predicted molar refractivity (Wildman–Crippen MR) is 93.9 cm³/mol. The van der Waals surface area contributed by atoms with E-state index < -0.39 is 26.0 Å². The third kappa shape index (κ3) is 2.70. The summed E-state index contributed by atoms with van der Waals surface area (Å²) < 4.78 is 29.8. The fraction of sp³-hybridized carbons (Fsp3) is 0.222. The Labute approximate surface area is 143 Å².